The predicted octanol–water partition coefficient (Wildman–Crippen LogP) is 0.132. The van der Waals surface area contributed by atoms with E-state index >= 15 is 0 Å². The molecule has 0 aromatic rings. The minimum atomic E-state index is -0.149. The fraction of sp³-hybridized carbons (Fsp3) is 1.00. The zero-order chi connectivity index (χ0) is 6.53. The first-order valence-corrected chi connectivity index (χ1v) is 3.27. The Balaban J connectivity index is 2.08. The fourth-order valence-electron chi connectivity index (χ4n) is 0.809. The molecule has 9 heavy (non-hydrogen) atoms. The molecule has 0 saturated carbocycles. The Labute approximate surface area is 54.6 Å². The van der Waals surface area contributed by atoms with E-state index in [-0.39, 0.29) is 12.9 Å². The van der Waals surface area contributed by atoms with Gasteiger partial charge in [-0.3, -0.25) is 0 Å². The third-order valence-electron chi connectivity index (χ3n) is 1.26. The van der Waals surface area contributed by atoms with E-state index in [0.29, 0.717) is 6.42 Å². The van der Waals surface area contributed by atoms with Crippen LogP contribution in [-0.2, 0) is 9.47 Å². The molecule has 3 nitrogen and oxygen atoms in total. The maximum atomic E-state index is 8.46. The average Bonchev–Trinajstić information content (AvgIpc) is 1.91. The largest absolute Gasteiger partial charge is 0.396 e. The molecule has 54 valence electrons. The van der Waals surface area contributed by atoms with Crippen LogP contribution in [0.2, 0.25) is 0 Å². The third kappa shape index (κ3) is 2.30. The summed E-state index contributed by atoms with van der Waals surface area (Å²) in [6, 6.07) is 0. The molecule has 0 aromatic carbocycles. The van der Waals surface area contributed by atoms with E-state index in [1.165, 1.54) is 0 Å². The zero-order valence-corrected chi connectivity index (χ0v) is 5.38. The molecule has 1 aliphatic heterocycles. The van der Waals surface area contributed by atoms with Crippen LogP contribution in [0.15, 0.2) is 0 Å². The van der Waals surface area contributed by atoms with Gasteiger partial charge in [-0.2, -0.15) is 0 Å². The van der Waals surface area contributed by atoms with Crippen molar-refractivity contribution in [3.05, 3.63) is 0 Å². The van der Waals surface area contributed by atoms with Crippen molar-refractivity contribution in [1.82, 2.24) is 0 Å². The van der Waals surface area contributed by atoms with Crippen LogP contribution < -0.4 is 0 Å². The molecule has 0 unspecified atom stereocenters. The van der Waals surface area contributed by atoms with Gasteiger partial charge in [-0.05, 0) is 6.42 Å². The van der Waals surface area contributed by atoms with Crippen molar-refractivity contribution in [2.24, 2.45) is 0 Å². The summed E-state index contributed by atoms with van der Waals surface area (Å²) in [6.07, 6.45) is 1.42. The van der Waals surface area contributed by atoms with Crippen LogP contribution in [0, 0.1) is 0 Å². The maximum Gasteiger partial charge on any atom is 0.159 e. The van der Waals surface area contributed by atoms with E-state index in [9.17, 15) is 0 Å². The van der Waals surface area contributed by atoms with Gasteiger partial charge in [-0.1, -0.05) is 0 Å². The van der Waals surface area contributed by atoms with Crippen molar-refractivity contribution in [2.75, 3.05) is 19.8 Å². The van der Waals surface area contributed by atoms with E-state index in [4.69, 9.17) is 14.6 Å². The number of hydrogen-bond acceptors (Lipinski definition) is 3. The Kier molecular flexibility index (Phi) is 2.97. The molecular formula is C6H12O3. The number of hydrogen-bond donors (Lipinski definition) is 1. The summed E-state index contributed by atoms with van der Waals surface area (Å²) >= 11 is 0. The van der Waals surface area contributed by atoms with Gasteiger partial charge in [-0.15, -0.1) is 0 Å². The Bertz CT molecular complexity index is 65.9. The number of ether oxygens (including phenoxy) is 2. The van der Waals surface area contributed by atoms with Gasteiger partial charge in [0.15, 0.2) is 6.29 Å². The Morgan fingerprint density at radius 3 is 2.56 bits per heavy atom. The first-order chi connectivity index (χ1) is 4.43. The minimum absolute atomic E-state index is 0.144. The number of aliphatic hydroxyl groups excluding tert-OH is 1. The first-order valence-electron chi connectivity index (χ1n) is 3.27. The summed E-state index contributed by atoms with van der Waals surface area (Å²) in [4.78, 5) is 0. The highest BCUT2D eigenvalue weighted by Crippen LogP contribution is 2.06. The summed E-state index contributed by atoms with van der Waals surface area (Å²) in [5.41, 5.74) is 0. The fourth-order valence-corrected chi connectivity index (χ4v) is 0.809. The van der Waals surface area contributed by atoms with Crippen molar-refractivity contribution in [3.63, 3.8) is 0 Å². The van der Waals surface area contributed by atoms with Gasteiger partial charge in [0.25, 0.3) is 0 Å². The Morgan fingerprint density at radius 2 is 2.00 bits per heavy atom. The van der Waals surface area contributed by atoms with Crippen molar-refractivity contribution >= 4 is 0 Å². The summed E-state index contributed by atoms with van der Waals surface area (Å²) in [7, 11) is 0. The van der Waals surface area contributed by atoms with E-state index in [2.05, 4.69) is 0 Å². The molecule has 0 spiro atoms. The van der Waals surface area contributed by atoms with Gasteiger partial charge in [0, 0.05) is 13.0 Å². The molecule has 0 radical (unpaired) electrons. The lowest BCUT2D eigenvalue weighted by molar-refractivity contribution is -0.184. The molecule has 0 aromatic heterocycles. The summed E-state index contributed by atoms with van der Waals surface area (Å²) < 4.78 is 10.3. The number of rotatable bonds is 2. The molecule has 0 bridgehead atoms. The highest BCUT2D eigenvalue weighted by molar-refractivity contribution is 4.49. The zero-order valence-electron chi connectivity index (χ0n) is 5.38. The van der Waals surface area contributed by atoms with Crippen molar-refractivity contribution < 1.29 is 14.6 Å². The second-order valence-corrected chi connectivity index (χ2v) is 2.04. The Morgan fingerprint density at radius 1 is 1.33 bits per heavy atom. The second-order valence-electron chi connectivity index (χ2n) is 2.04. The van der Waals surface area contributed by atoms with Crippen LogP contribution in [0.4, 0.5) is 0 Å². The van der Waals surface area contributed by atoms with Crippen LogP contribution in [0.25, 0.3) is 0 Å². The van der Waals surface area contributed by atoms with Gasteiger partial charge < -0.3 is 14.6 Å². The summed E-state index contributed by atoms with van der Waals surface area (Å²) in [5.74, 6) is 0. The third-order valence-corrected chi connectivity index (χ3v) is 1.26. The average molecular weight is 132 g/mol. The molecule has 1 saturated heterocycles. The molecule has 1 rings (SSSR count). The van der Waals surface area contributed by atoms with E-state index in [0.717, 1.165) is 19.6 Å². The lowest BCUT2D eigenvalue weighted by Gasteiger charge is -2.21. The van der Waals surface area contributed by atoms with Crippen molar-refractivity contribution in [1.29, 1.82) is 0 Å². The molecule has 1 fully saturated rings. The highest BCUT2D eigenvalue weighted by atomic mass is 16.7. The van der Waals surface area contributed by atoms with Crippen LogP contribution >= 0.6 is 0 Å². The molecular weight excluding hydrogens is 120 g/mol. The van der Waals surface area contributed by atoms with Crippen LogP contribution in [0.3, 0.4) is 0 Å². The van der Waals surface area contributed by atoms with Gasteiger partial charge in [0.05, 0.1) is 13.2 Å². The molecule has 0 amide bonds. The first kappa shape index (κ1) is 6.99. The van der Waals surface area contributed by atoms with Crippen LogP contribution in [0.1, 0.15) is 12.8 Å². The van der Waals surface area contributed by atoms with Crippen LogP contribution in [0.5, 0.6) is 0 Å². The molecule has 1 N–H and O–H groups in total. The lowest BCUT2D eigenvalue weighted by Crippen LogP contribution is -2.25. The van der Waals surface area contributed by atoms with E-state index in [1.807, 2.05) is 0 Å². The normalized spacial score (nSPS) is 22.3. The molecule has 1 heterocycles. The molecule has 0 atom stereocenters. The highest BCUT2D eigenvalue weighted by Gasteiger charge is 2.12. The second kappa shape index (κ2) is 3.82. The van der Waals surface area contributed by atoms with E-state index in [1.54, 1.807) is 0 Å². The Hall–Kier alpha value is -0.120. The molecule has 3 heteroatoms. The smallest absolute Gasteiger partial charge is 0.159 e. The molecule has 0 aliphatic carbocycles. The minimum Gasteiger partial charge on any atom is -0.396 e. The predicted molar refractivity (Wildman–Crippen MR) is 32.0 cm³/mol. The maximum absolute atomic E-state index is 8.46. The molecule has 1 aliphatic rings. The standard InChI is InChI=1S/C6H12O3/c7-3-2-6-8-4-1-5-9-6/h6-7H,1-5H2. The van der Waals surface area contributed by atoms with Crippen LogP contribution in [-0.4, -0.2) is 31.2 Å². The summed E-state index contributed by atoms with van der Waals surface area (Å²) in [5, 5.41) is 8.46. The van der Waals surface area contributed by atoms with Gasteiger partial charge >= 0.3 is 0 Å². The van der Waals surface area contributed by atoms with Crippen molar-refractivity contribution in [3.8, 4) is 0 Å². The lowest BCUT2D eigenvalue weighted by atomic mass is 10.4. The topological polar surface area (TPSA) is 38.7 Å². The number of aliphatic hydroxyl groups is 1. The van der Waals surface area contributed by atoms with Gasteiger partial charge in [0.2, 0.25) is 0 Å². The van der Waals surface area contributed by atoms with E-state index < -0.39 is 0 Å². The van der Waals surface area contributed by atoms with Crippen molar-refractivity contribution in [2.45, 2.75) is 19.1 Å². The monoisotopic (exact) mass is 132 g/mol. The SMILES string of the molecule is OCCC1OCCCO1. The van der Waals surface area contributed by atoms with Gasteiger partial charge in [-0.25, -0.2) is 0 Å². The quantitative estimate of drug-likeness (QED) is 0.580. The summed E-state index contributed by atoms with van der Waals surface area (Å²) in [6.45, 7) is 1.68. The van der Waals surface area contributed by atoms with Gasteiger partial charge in [0.1, 0.15) is 0 Å².